The summed E-state index contributed by atoms with van der Waals surface area (Å²) in [5.74, 6) is 0. The second-order valence-electron chi connectivity index (χ2n) is 5.75. The minimum absolute atomic E-state index is 0.260. The normalized spacial score (nSPS) is 22.6. The number of ether oxygens (including phenoxy) is 2. The van der Waals surface area contributed by atoms with Gasteiger partial charge in [-0.25, -0.2) is 4.79 Å². The number of hydrogen-bond donors (Lipinski definition) is 1. The maximum atomic E-state index is 11.8. The van der Waals surface area contributed by atoms with Gasteiger partial charge in [0.2, 0.25) is 0 Å². The second-order valence-corrected chi connectivity index (χ2v) is 5.75. The van der Waals surface area contributed by atoms with Gasteiger partial charge in [0.1, 0.15) is 5.60 Å². The van der Waals surface area contributed by atoms with Crippen LogP contribution in [0.5, 0.6) is 0 Å². The summed E-state index contributed by atoms with van der Waals surface area (Å²) in [6.07, 6.45) is 5.40. The quantitative estimate of drug-likeness (QED) is 0.361. The molecule has 0 bridgehead atoms. The molecule has 5 heteroatoms. The summed E-state index contributed by atoms with van der Waals surface area (Å²) in [7, 11) is 0. The zero-order chi connectivity index (χ0) is 14.5. The SMILES string of the molecule is CCCCO[C@@H]1C=CC[C@H]1N(O)C(=O)OC(C)(C)C. The molecule has 0 fully saturated rings. The number of unbranched alkanes of at least 4 members (excludes halogenated alkanes) is 1. The van der Waals surface area contributed by atoms with Crippen molar-refractivity contribution >= 4 is 6.09 Å². The fourth-order valence-electron chi connectivity index (χ4n) is 1.83. The van der Waals surface area contributed by atoms with Crippen molar-refractivity contribution in [1.29, 1.82) is 0 Å². The van der Waals surface area contributed by atoms with Gasteiger partial charge in [0, 0.05) is 6.61 Å². The molecule has 1 N–H and O–H groups in total. The Bertz CT molecular complexity index is 322. The standard InChI is InChI=1S/C14H25NO4/c1-5-6-10-18-12-9-7-8-11(12)15(17)13(16)19-14(2,3)4/h7,9,11-12,17H,5-6,8,10H2,1-4H3/t11-,12-/m1/s1. The highest BCUT2D eigenvalue weighted by atomic mass is 16.6. The van der Waals surface area contributed by atoms with E-state index < -0.39 is 17.7 Å². The fourth-order valence-corrected chi connectivity index (χ4v) is 1.83. The molecule has 1 rings (SSSR count). The van der Waals surface area contributed by atoms with Gasteiger partial charge in [0.15, 0.2) is 0 Å². The zero-order valence-corrected chi connectivity index (χ0v) is 12.3. The fraction of sp³-hybridized carbons (Fsp3) is 0.786. The summed E-state index contributed by atoms with van der Waals surface area (Å²) in [6, 6.07) is -0.397. The number of carbonyl (C=O) groups excluding carboxylic acids is 1. The van der Waals surface area contributed by atoms with Crippen LogP contribution in [-0.2, 0) is 9.47 Å². The highest BCUT2D eigenvalue weighted by molar-refractivity contribution is 5.67. The van der Waals surface area contributed by atoms with Crippen LogP contribution in [0.1, 0.15) is 47.0 Å². The lowest BCUT2D eigenvalue weighted by Gasteiger charge is -2.29. The van der Waals surface area contributed by atoms with E-state index in [1.165, 1.54) is 0 Å². The third-order valence-electron chi connectivity index (χ3n) is 2.79. The molecule has 0 saturated heterocycles. The first kappa shape index (κ1) is 16.0. The van der Waals surface area contributed by atoms with Crippen LogP contribution in [-0.4, -0.2) is 40.7 Å². The Kier molecular flexibility index (Phi) is 5.82. The number of carbonyl (C=O) groups is 1. The van der Waals surface area contributed by atoms with E-state index in [4.69, 9.17) is 9.47 Å². The predicted molar refractivity (Wildman–Crippen MR) is 72.1 cm³/mol. The molecule has 19 heavy (non-hydrogen) atoms. The largest absolute Gasteiger partial charge is 0.442 e. The molecular formula is C14H25NO4. The molecule has 0 aromatic carbocycles. The van der Waals surface area contributed by atoms with Crippen molar-refractivity contribution in [3.05, 3.63) is 12.2 Å². The van der Waals surface area contributed by atoms with Gasteiger partial charge in [-0.2, -0.15) is 5.06 Å². The maximum Gasteiger partial charge on any atom is 0.434 e. The van der Waals surface area contributed by atoms with Gasteiger partial charge < -0.3 is 9.47 Å². The molecule has 0 aliphatic heterocycles. The number of nitrogens with zero attached hydrogens (tertiary/aromatic N) is 1. The molecular weight excluding hydrogens is 246 g/mol. The van der Waals surface area contributed by atoms with Crippen LogP contribution in [0.15, 0.2) is 12.2 Å². The number of hydrogen-bond acceptors (Lipinski definition) is 4. The van der Waals surface area contributed by atoms with Crippen LogP contribution >= 0.6 is 0 Å². The lowest BCUT2D eigenvalue weighted by atomic mass is 10.2. The van der Waals surface area contributed by atoms with Crippen molar-refractivity contribution in [1.82, 2.24) is 5.06 Å². The molecule has 0 aromatic rings. The summed E-state index contributed by atoms with van der Waals surface area (Å²) in [6.45, 7) is 8.01. The van der Waals surface area contributed by atoms with E-state index in [1.54, 1.807) is 20.8 Å². The molecule has 2 atom stereocenters. The van der Waals surface area contributed by atoms with E-state index in [1.807, 2.05) is 12.2 Å². The summed E-state index contributed by atoms with van der Waals surface area (Å²) in [4.78, 5) is 11.8. The van der Waals surface area contributed by atoms with E-state index in [0.717, 1.165) is 12.8 Å². The summed E-state index contributed by atoms with van der Waals surface area (Å²) in [5, 5.41) is 10.6. The number of rotatable bonds is 5. The molecule has 1 aliphatic carbocycles. The Morgan fingerprint density at radius 1 is 1.47 bits per heavy atom. The summed E-state index contributed by atoms with van der Waals surface area (Å²) >= 11 is 0. The van der Waals surface area contributed by atoms with Crippen molar-refractivity contribution < 1.29 is 19.5 Å². The Morgan fingerprint density at radius 3 is 2.74 bits per heavy atom. The minimum atomic E-state index is -0.731. The van der Waals surface area contributed by atoms with Gasteiger partial charge in [0.25, 0.3) is 0 Å². The molecule has 0 saturated carbocycles. The smallest absolute Gasteiger partial charge is 0.434 e. The summed E-state index contributed by atoms with van der Waals surface area (Å²) < 4.78 is 10.8. The van der Waals surface area contributed by atoms with Crippen LogP contribution in [0.25, 0.3) is 0 Å². The Morgan fingerprint density at radius 2 is 2.16 bits per heavy atom. The van der Waals surface area contributed by atoms with Crippen LogP contribution in [0.2, 0.25) is 0 Å². The van der Waals surface area contributed by atoms with Crippen molar-refractivity contribution in [2.45, 2.75) is 64.7 Å². The first-order valence-corrected chi connectivity index (χ1v) is 6.84. The van der Waals surface area contributed by atoms with E-state index in [2.05, 4.69) is 6.92 Å². The van der Waals surface area contributed by atoms with Gasteiger partial charge in [-0.1, -0.05) is 25.5 Å². The van der Waals surface area contributed by atoms with Gasteiger partial charge in [-0.3, -0.25) is 5.21 Å². The first-order valence-electron chi connectivity index (χ1n) is 6.84. The Balaban J connectivity index is 2.51. The minimum Gasteiger partial charge on any atom is -0.442 e. The Labute approximate surface area is 115 Å². The second kappa shape index (κ2) is 6.91. The first-order chi connectivity index (χ1) is 8.85. The van der Waals surface area contributed by atoms with Crippen molar-refractivity contribution in [3.63, 3.8) is 0 Å². The molecule has 0 aromatic heterocycles. The monoisotopic (exact) mass is 271 g/mol. The van der Waals surface area contributed by atoms with Gasteiger partial charge in [-0.05, 0) is 33.6 Å². The maximum absolute atomic E-state index is 11.8. The third kappa shape index (κ3) is 5.20. The average molecular weight is 271 g/mol. The molecule has 110 valence electrons. The van der Waals surface area contributed by atoms with E-state index in [0.29, 0.717) is 18.1 Å². The van der Waals surface area contributed by atoms with Crippen molar-refractivity contribution in [2.24, 2.45) is 0 Å². The highest BCUT2D eigenvalue weighted by Crippen LogP contribution is 2.21. The lowest BCUT2D eigenvalue weighted by molar-refractivity contribution is -0.141. The topological polar surface area (TPSA) is 59.0 Å². The van der Waals surface area contributed by atoms with Gasteiger partial charge >= 0.3 is 6.09 Å². The molecule has 0 unspecified atom stereocenters. The molecule has 5 nitrogen and oxygen atoms in total. The predicted octanol–water partition coefficient (Wildman–Crippen LogP) is 3.13. The van der Waals surface area contributed by atoms with Gasteiger partial charge in [0.05, 0.1) is 12.1 Å². The van der Waals surface area contributed by atoms with Crippen molar-refractivity contribution in [2.75, 3.05) is 6.61 Å². The average Bonchev–Trinajstić information content (AvgIpc) is 2.74. The van der Waals surface area contributed by atoms with Crippen LogP contribution in [0.3, 0.4) is 0 Å². The molecule has 0 spiro atoms. The molecule has 0 heterocycles. The summed E-state index contributed by atoms with van der Waals surface area (Å²) in [5.41, 5.74) is -0.622. The van der Waals surface area contributed by atoms with Crippen LogP contribution in [0.4, 0.5) is 4.79 Å². The van der Waals surface area contributed by atoms with Crippen LogP contribution < -0.4 is 0 Å². The van der Waals surface area contributed by atoms with E-state index >= 15 is 0 Å². The lowest BCUT2D eigenvalue weighted by Crippen LogP contribution is -2.45. The Hall–Kier alpha value is -1.07. The zero-order valence-electron chi connectivity index (χ0n) is 12.3. The highest BCUT2D eigenvalue weighted by Gasteiger charge is 2.34. The van der Waals surface area contributed by atoms with Crippen LogP contribution in [0, 0.1) is 0 Å². The third-order valence-corrected chi connectivity index (χ3v) is 2.79. The van der Waals surface area contributed by atoms with E-state index in [9.17, 15) is 10.0 Å². The van der Waals surface area contributed by atoms with Gasteiger partial charge in [-0.15, -0.1) is 0 Å². The number of amides is 1. The molecule has 0 radical (unpaired) electrons. The number of hydroxylamine groups is 2. The van der Waals surface area contributed by atoms with Crippen molar-refractivity contribution in [3.8, 4) is 0 Å². The molecule has 1 aliphatic rings. The molecule has 1 amide bonds. The van der Waals surface area contributed by atoms with E-state index in [-0.39, 0.29) is 6.10 Å².